The Labute approximate surface area is 117 Å². The van der Waals surface area contributed by atoms with Gasteiger partial charge in [-0.3, -0.25) is 9.69 Å². The lowest BCUT2D eigenvalue weighted by molar-refractivity contribution is 0.0694. The zero-order valence-electron chi connectivity index (χ0n) is 11.9. The van der Waals surface area contributed by atoms with Gasteiger partial charge in [-0.05, 0) is 38.7 Å². The second-order valence-corrected chi connectivity index (χ2v) is 5.97. The molecule has 2 fully saturated rings. The number of aryl methyl sites for hydroxylation is 1. The van der Waals surface area contributed by atoms with Crippen LogP contribution >= 0.6 is 0 Å². The topological polar surface area (TPSA) is 62.5 Å². The molecule has 0 spiro atoms. The summed E-state index contributed by atoms with van der Waals surface area (Å²) in [7, 11) is 0. The summed E-state index contributed by atoms with van der Waals surface area (Å²) in [6.45, 7) is 5.32. The third kappa shape index (κ3) is 2.16. The minimum Gasteiger partial charge on any atom is -0.478 e. The molecule has 0 aromatic carbocycles. The Balaban J connectivity index is 1.99. The van der Waals surface area contributed by atoms with Crippen LogP contribution in [0.15, 0.2) is 10.9 Å². The van der Waals surface area contributed by atoms with E-state index >= 15 is 0 Å². The summed E-state index contributed by atoms with van der Waals surface area (Å²) in [4.78, 5) is 26.1. The molecule has 1 aliphatic carbocycles. The average Bonchev–Trinajstić information content (AvgIpc) is 3.08. The molecule has 3 rings (SSSR count). The largest absolute Gasteiger partial charge is 0.478 e. The van der Waals surface area contributed by atoms with Gasteiger partial charge in [0.25, 0.3) is 5.56 Å². The van der Waals surface area contributed by atoms with Crippen molar-refractivity contribution < 1.29 is 9.90 Å². The van der Waals surface area contributed by atoms with Gasteiger partial charge >= 0.3 is 5.97 Å². The Kier molecular flexibility index (Phi) is 3.17. The van der Waals surface area contributed by atoms with Crippen LogP contribution in [0.2, 0.25) is 0 Å². The Hall–Kier alpha value is -1.62. The molecule has 2 aliphatic rings. The molecule has 5 heteroatoms. The van der Waals surface area contributed by atoms with Gasteiger partial charge in [-0.2, -0.15) is 0 Å². The van der Waals surface area contributed by atoms with Crippen molar-refractivity contribution in [3.8, 4) is 0 Å². The molecule has 1 N–H and O–H groups in total. The van der Waals surface area contributed by atoms with E-state index < -0.39 is 5.97 Å². The standard InChI is InChI=1S/C15H20N2O3/c1-9-7-13(18)17(10(2)14(9)15(19)20)12-5-6-16(8-12)11-3-4-11/h7,11-12H,3-6,8H2,1-2H3,(H,19,20). The summed E-state index contributed by atoms with van der Waals surface area (Å²) in [5.41, 5.74) is 1.33. The van der Waals surface area contributed by atoms with Gasteiger partial charge in [-0.25, -0.2) is 4.79 Å². The normalized spacial score (nSPS) is 23.2. The number of rotatable bonds is 3. The van der Waals surface area contributed by atoms with Crippen LogP contribution in [-0.2, 0) is 0 Å². The SMILES string of the molecule is Cc1cc(=O)n(C2CCN(C3CC3)C2)c(C)c1C(=O)O. The highest BCUT2D eigenvalue weighted by molar-refractivity contribution is 5.90. The first-order chi connectivity index (χ1) is 9.49. The van der Waals surface area contributed by atoms with Crippen molar-refractivity contribution in [2.75, 3.05) is 13.1 Å². The summed E-state index contributed by atoms with van der Waals surface area (Å²) in [6.07, 6.45) is 3.45. The lowest BCUT2D eigenvalue weighted by Crippen LogP contribution is -2.31. The highest BCUT2D eigenvalue weighted by Gasteiger charge is 2.36. The van der Waals surface area contributed by atoms with Crippen LogP contribution in [0.3, 0.4) is 0 Å². The van der Waals surface area contributed by atoms with E-state index in [0.717, 1.165) is 19.5 Å². The summed E-state index contributed by atoms with van der Waals surface area (Å²) in [6, 6.07) is 2.26. The zero-order chi connectivity index (χ0) is 14.4. The van der Waals surface area contributed by atoms with Gasteiger partial charge in [0.05, 0.1) is 11.6 Å². The zero-order valence-corrected chi connectivity index (χ0v) is 11.9. The molecule has 0 amide bonds. The van der Waals surface area contributed by atoms with E-state index in [-0.39, 0.29) is 17.2 Å². The number of hydrogen-bond acceptors (Lipinski definition) is 3. The molecule has 1 saturated heterocycles. The fourth-order valence-electron chi connectivity index (χ4n) is 3.43. The predicted octanol–water partition coefficient (Wildman–Crippen LogP) is 1.57. The molecule has 1 aliphatic heterocycles. The summed E-state index contributed by atoms with van der Waals surface area (Å²) < 4.78 is 1.69. The fraction of sp³-hybridized carbons (Fsp3) is 0.600. The van der Waals surface area contributed by atoms with Crippen LogP contribution in [0, 0.1) is 13.8 Å². The molecule has 1 unspecified atom stereocenters. The maximum atomic E-state index is 12.3. The molecule has 20 heavy (non-hydrogen) atoms. The van der Waals surface area contributed by atoms with Gasteiger partial charge in [0.15, 0.2) is 0 Å². The van der Waals surface area contributed by atoms with Crippen molar-refractivity contribution in [3.05, 3.63) is 33.2 Å². The molecule has 1 aromatic heterocycles. The molecular weight excluding hydrogens is 256 g/mol. The minimum atomic E-state index is -0.953. The molecular formula is C15H20N2O3. The lowest BCUT2D eigenvalue weighted by atomic mass is 10.1. The first-order valence-electron chi connectivity index (χ1n) is 7.19. The number of carboxylic acids is 1. The first-order valence-corrected chi connectivity index (χ1v) is 7.19. The maximum absolute atomic E-state index is 12.3. The van der Waals surface area contributed by atoms with Crippen molar-refractivity contribution in [2.24, 2.45) is 0 Å². The highest BCUT2D eigenvalue weighted by atomic mass is 16.4. The van der Waals surface area contributed by atoms with E-state index in [2.05, 4.69) is 4.90 Å². The smallest absolute Gasteiger partial charge is 0.337 e. The Morgan fingerprint density at radius 1 is 1.25 bits per heavy atom. The molecule has 108 valence electrons. The number of carboxylic acid groups (broad SMARTS) is 1. The van der Waals surface area contributed by atoms with Crippen LogP contribution in [0.4, 0.5) is 0 Å². The number of pyridine rings is 1. The number of hydrogen-bond donors (Lipinski definition) is 1. The Morgan fingerprint density at radius 2 is 1.95 bits per heavy atom. The molecule has 5 nitrogen and oxygen atoms in total. The van der Waals surface area contributed by atoms with E-state index in [0.29, 0.717) is 17.3 Å². The maximum Gasteiger partial charge on any atom is 0.337 e. The van der Waals surface area contributed by atoms with Gasteiger partial charge in [0, 0.05) is 30.9 Å². The van der Waals surface area contributed by atoms with Crippen LogP contribution in [0.25, 0.3) is 0 Å². The van der Waals surface area contributed by atoms with Gasteiger partial charge in [-0.15, -0.1) is 0 Å². The van der Waals surface area contributed by atoms with Gasteiger partial charge in [0.2, 0.25) is 0 Å². The summed E-state index contributed by atoms with van der Waals surface area (Å²) in [5.74, 6) is -0.953. The van der Waals surface area contributed by atoms with Crippen molar-refractivity contribution in [2.45, 2.75) is 45.2 Å². The number of aromatic nitrogens is 1. The monoisotopic (exact) mass is 276 g/mol. The van der Waals surface area contributed by atoms with Gasteiger partial charge in [0.1, 0.15) is 0 Å². The molecule has 0 bridgehead atoms. The highest BCUT2D eigenvalue weighted by Crippen LogP contribution is 2.33. The van der Waals surface area contributed by atoms with E-state index in [4.69, 9.17) is 0 Å². The molecule has 1 saturated carbocycles. The number of nitrogens with zero attached hydrogens (tertiary/aromatic N) is 2. The third-order valence-electron chi connectivity index (χ3n) is 4.53. The van der Waals surface area contributed by atoms with E-state index in [1.807, 2.05) is 0 Å². The van der Waals surface area contributed by atoms with E-state index in [9.17, 15) is 14.7 Å². The first kappa shape index (κ1) is 13.4. The van der Waals surface area contributed by atoms with Crippen LogP contribution in [0.1, 0.15) is 46.9 Å². The van der Waals surface area contributed by atoms with Crippen LogP contribution in [0.5, 0.6) is 0 Å². The Bertz CT molecular complexity index is 616. The van der Waals surface area contributed by atoms with Gasteiger partial charge < -0.3 is 9.67 Å². The van der Waals surface area contributed by atoms with Crippen LogP contribution < -0.4 is 5.56 Å². The second kappa shape index (κ2) is 4.74. The lowest BCUT2D eigenvalue weighted by Gasteiger charge is -2.20. The van der Waals surface area contributed by atoms with Gasteiger partial charge in [-0.1, -0.05) is 0 Å². The van der Waals surface area contributed by atoms with Crippen molar-refractivity contribution in [1.29, 1.82) is 0 Å². The second-order valence-electron chi connectivity index (χ2n) is 5.97. The molecule has 1 aromatic rings. The minimum absolute atomic E-state index is 0.0763. The molecule has 0 radical (unpaired) electrons. The van der Waals surface area contributed by atoms with Crippen LogP contribution in [-0.4, -0.2) is 39.7 Å². The number of carbonyl (C=O) groups is 1. The predicted molar refractivity (Wildman–Crippen MR) is 75.4 cm³/mol. The van der Waals surface area contributed by atoms with E-state index in [1.165, 1.54) is 18.9 Å². The number of aromatic carboxylic acids is 1. The van der Waals surface area contributed by atoms with Crippen molar-refractivity contribution in [1.82, 2.24) is 9.47 Å². The summed E-state index contributed by atoms with van der Waals surface area (Å²) in [5, 5.41) is 9.33. The Morgan fingerprint density at radius 3 is 2.55 bits per heavy atom. The fourth-order valence-corrected chi connectivity index (χ4v) is 3.43. The average molecular weight is 276 g/mol. The quantitative estimate of drug-likeness (QED) is 0.910. The van der Waals surface area contributed by atoms with E-state index in [1.54, 1.807) is 18.4 Å². The van der Waals surface area contributed by atoms with Crippen molar-refractivity contribution in [3.63, 3.8) is 0 Å². The third-order valence-corrected chi connectivity index (χ3v) is 4.53. The molecule has 1 atom stereocenters. The number of likely N-dealkylation sites (tertiary alicyclic amines) is 1. The summed E-state index contributed by atoms with van der Waals surface area (Å²) >= 11 is 0. The molecule has 2 heterocycles. The van der Waals surface area contributed by atoms with Crippen molar-refractivity contribution >= 4 is 5.97 Å².